The van der Waals surface area contributed by atoms with Crippen molar-refractivity contribution in [1.29, 1.82) is 0 Å². The zero-order chi connectivity index (χ0) is 23.4. The molecule has 0 aliphatic rings. The number of benzene rings is 6. The number of fused-ring (bicyclic) bond motifs is 4. The minimum absolute atomic E-state index is 1.15. The van der Waals surface area contributed by atoms with E-state index in [1.165, 1.54) is 54.5 Å². The van der Waals surface area contributed by atoms with Gasteiger partial charge >= 0.3 is 221 Å². The van der Waals surface area contributed by atoms with Crippen LogP contribution in [0.1, 0.15) is 0 Å². The maximum absolute atomic E-state index is 2.40. The van der Waals surface area contributed by atoms with Gasteiger partial charge < -0.3 is 0 Å². The SMILES string of the molecule is [I][Cu]=[c]1n(-c2cccc3cc4ccccc4cc23)ccn1-c1cccc2cc3ccccc3cc12. The summed E-state index contributed by atoms with van der Waals surface area (Å²) in [6.07, 6.45) is 4.37. The first kappa shape index (κ1) is 21.1. The first-order chi connectivity index (χ1) is 17.3. The Morgan fingerprint density at radius 2 is 0.857 bits per heavy atom. The molecule has 7 rings (SSSR count). The predicted octanol–water partition coefficient (Wildman–Crippen LogP) is 8.85. The summed E-state index contributed by atoms with van der Waals surface area (Å²) < 4.78 is 5.77. The third-order valence-electron chi connectivity index (χ3n) is 6.74. The topological polar surface area (TPSA) is 9.86 Å². The molecule has 0 aliphatic heterocycles. The summed E-state index contributed by atoms with van der Waals surface area (Å²) in [4.78, 5) is 0. The van der Waals surface area contributed by atoms with Crippen LogP contribution in [0.15, 0.2) is 122 Å². The molecule has 0 spiro atoms. The van der Waals surface area contributed by atoms with Gasteiger partial charge in [-0.2, -0.15) is 0 Å². The van der Waals surface area contributed by atoms with E-state index in [2.05, 4.69) is 151 Å². The molecule has 0 N–H and O–H groups in total. The normalized spacial score (nSPS) is 11.8. The quantitative estimate of drug-likeness (QED) is 0.105. The standard InChI is InChI=1S/C31H20N2.Cu.HI/c1-3-9-24-19-28-26(17-22(24)7-1)11-5-13-30(28)32-15-16-33(21-32)31-14-6-12-27-18-23-8-2-4-10-25(23)20-29(27)31;;/h1-20H;;1H/q;+1;/p-1. The number of rotatable bonds is 2. The van der Waals surface area contributed by atoms with Gasteiger partial charge in [-0.15, -0.1) is 0 Å². The fourth-order valence-corrected chi connectivity index (χ4v) is 6.91. The van der Waals surface area contributed by atoms with Gasteiger partial charge in [0.25, 0.3) is 0 Å². The Morgan fingerprint density at radius 3 is 1.29 bits per heavy atom. The average Bonchev–Trinajstić information content (AvgIpc) is 3.33. The second-order valence-corrected chi connectivity index (χ2v) is 10.7. The summed E-state index contributed by atoms with van der Waals surface area (Å²) in [5, 5.41) is 10.1. The molecule has 4 heteroatoms. The first-order valence-electron chi connectivity index (χ1n) is 11.5. The van der Waals surface area contributed by atoms with Gasteiger partial charge in [-0.3, -0.25) is 0 Å². The molecule has 0 amide bonds. The van der Waals surface area contributed by atoms with Crippen LogP contribution < -0.4 is 0 Å². The molecular formula is C31H20CuIN2. The van der Waals surface area contributed by atoms with E-state index in [1.807, 2.05) is 11.3 Å². The van der Waals surface area contributed by atoms with Crippen molar-refractivity contribution in [3.05, 3.63) is 126 Å². The van der Waals surface area contributed by atoms with E-state index in [1.54, 1.807) is 0 Å². The molecule has 0 saturated heterocycles. The third-order valence-corrected chi connectivity index (χ3v) is 8.56. The van der Waals surface area contributed by atoms with Crippen LogP contribution in [0, 0.1) is 4.32 Å². The number of imidazole rings is 1. The molecule has 0 saturated carbocycles. The molecule has 172 valence electrons. The Morgan fingerprint density at radius 1 is 0.457 bits per heavy atom. The van der Waals surface area contributed by atoms with Gasteiger partial charge in [-0.25, -0.2) is 0 Å². The van der Waals surface area contributed by atoms with Crippen LogP contribution in [-0.2, 0) is 11.3 Å². The summed E-state index contributed by atoms with van der Waals surface area (Å²) in [5.74, 6) is 0. The summed E-state index contributed by atoms with van der Waals surface area (Å²) in [6, 6.07) is 39.5. The van der Waals surface area contributed by atoms with Gasteiger partial charge in [0, 0.05) is 0 Å². The van der Waals surface area contributed by atoms with E-state index < -0.39 is 0 Å². The van der Waals surface area contributed by atoms with Crippen LogP contribution in [-0.4, -0.2) is 9.13 Å². The zero-order valence-corrected chi connectivity index (χ0v) is 21.7. The van der Waals surface area contributed by atoms with Crippen molar-refractivity contribution in [3.63, 3.8) is 0 Å². The van der Waals surface area contributed by atoms with Crippen molar-refractivity contribution < 1.29 is 11.3 Å². The summed E-state index contributed by atoms with van der Waals surface area (Å²) in [7, 11) is 0. The summed E-state index contributed by atoms with van der Waals surface area (Å²) in [5.41, 5.74) is 2.38. The predicted molar refractivity (Wildman–Crippen MR) is 152 cm³/mol. The molecule has 0 atom stereocenters. The van der Waals surface area contributed by atoms with Crippen LogP contribution in [0.4, 0.5) is 0 Å². The molecule has 1 aromatic heterocycles. The van der Waals surface area contributed by atoms with Crippen molar-refractivity contribution in [1.82, 2.24) is 9.13 Å². The average molecular weight is 611 g/mol. The number of nitrogens with zero attached hydrogens (tertiary/aromatic N) is 2. The Labute approximate surface area is 219 Å². The first-order valence-corrected chi connectivity index (χ1v) is 15.0. The van der Waals surface area contributed by atoms with Crippen molar-refractivity contribution >= 4 is 63.4 Å². The third kappa shape index (κ3) is 3.48. The number of hydrogen-bond acceptors (Lipinski definition) is 0. The van der Waals surface area contributed by atoms with E-state index in [4.69, 9.17) is 0 Å². The maximum atomic E-state index is 2.40. The molecular weight excluding hydrogens is 591 g/mol. The van der Waals surface area contributed by atoms with E-state index in [9.17, 15) is 0 Å². The van der Waals surface area contributed by atoms with Crippen molar-refractivity contribution in [2.75, 3.05) is 0 Å². The molecule has 0 aliphatic carbocycles. The Bertz CT molecular complexity index is 1840. The van der Waals surface area contributed by atoms with Gasteiger partial charge in [0.05, 0.1) is 0 Å². The fourth-order valence-electron chi connectivity index (χ4n) is 5.08. The van der Waals surface area contributed by atoms with Crippen molar-refractivity contribution in [2.45, 2.75) is 0 Å². The fraction of sp³-hybridized carbons (Fsp3) is 0. The van der Waals surface area contributed by atoms with E-state index >= 15 is 0 Å². The van der Waals surface area contributed by atoms with Gasteiger partial charge in [0.1, 0.15) is 0 Å². The molecule has 0 unspecified atom stereocenters. The molecule has 0 radical (unpaired) electrons. The van der Waals surface area contributed by atoms with Crippen LogP contribution in [0.3, 0.4) is 0 Å². The molecule has 0 bridgehead atoms. The molecule has 2 nitrogen and oxygen atoms in total. The van der Waals surface area contributed by atoms with Crippen molar-refractivity contribution in [3.8, 4) is 11.4 Å². The molecule has 35 heavy (non-hydrogen) atoms. The van der Waals surface area contributed by atoms with Crippen LogP contribution in [0.25, 0.3) is 54.5 Å². The van der Waals surface area contributed by atoms with E-state index in [0.29, 0.717) is 0 Å². The zero-order valence-electron chi connectivity index (χ0n) is 18.6. The van der Waals surface area contributed by atoms with Crippen molar-refractivity contribution in [2.24, 2.45) is 0 Å². The molecule has 6 aromatic carbocycles. The molecule has 1 heterocycles. The molecule has 7 aromatic rings. The van der Waals surface area contributed by atoms with E-state index in [0.717, 1.165) is 4.32 Å². The summed E-state index contributed by atoms with van der Waals surface area (Å²) in [6.45, 7) is 0. The van der Waals surface area contributed by atoms with Crippen LogP contribution in [0.5, 0.6) is 0 Å². The molecule has 0 fully saturated rings. The number of aromatic nitrogens is 2. The van der Waals surface area contributed by atoms with Crippen LogP contribution >= 0.6 is 20.3 Å². The minimum atomic E-state index is 1.15. The second kappa shape index (κ2) is 8.49. The van der Waals surface area contributed by atoms with E-state index in [-0.39, 0.29) is 0 Å². The van der Waals surface area contributed by atoms with Gasteiger partial charge in [-0.05, 0) is 0 Å². The Kier molecular flexibility index (Phi) is 5.12. The van der Waals surface area contributed by atoms with Crippen LogP contribution in [0.2, 0.25) is 0 Å². The van der Waals surface area contributed by atoms with Gasteiger partial charge in [-0.1, -0.05) is 0 Å². The monoisotopic (exact) mass is 610 g/mol. The van der Waals surface area contributed by atoms with Gasteiger partial charge in [0.15, 0.2) is 0 Å². The summed E-state index contributed by atoms with van der Waals surface area (Å²) >= 11 is 4.24. The number of halogens is 1. The Balaban J connectivity index is 1.49. The Hall–Kier alpha value is -3.18. The van der Waals surface area contributed by atoms with Gasteiger partial charge in [0.2, 0.25) is 0 Å². The second-order valence-electron chi connectivity index (χ2n) is 8.73. The number of hydrogen-bond donors (Lipinski definition) is 0.